The molecule has 19 heavy (non-hydrogen) atoms. The molecule has 1 rings (SSSR count). The third-order valence-corrected chi connectivity index (χ3v) is 3.45. The Morgan fingerprint density at radius 3 is 2.68 bits per heavy atom. The van der Waals surface area contributed by atoms with E-state index < -0.39 is 0 Å². The number of benzene rings is 1. The first-order chi connectivity index (χ1) is 9.19. The number of hydrogen-bond donors (Lipinski definition) is 2. The fourth-order valence-corrected chi connectivity index (χ4v) is 2.22. The van der Waals surface area contributed by atoms with E-state index in [1.807, 2.05) is 0 Å². The molecule has 0 saturated carbocycles. The van der Waals surface area contributed by atoms with E-state index in [-0.39, 0.29) is 5.91 Å². The molecular weight excluding hydrogens is 308 g/mol. The van der Waals surface area contributed by atoms with Crippen LogP contribution in [-0.4, -0.2) is 12.5 Å². The molecule has 5 heteroatoms. The minimum Gasteiger partial charge on any atom is -0.492 e. The van der Waals surface area contributed by atoms with Crippen LogP contribution in [0.5, 0.6) is 5.75 Å². The Morgan fingerprint density at radius 1 is 1.32 bits per heavy atom. The second-order valence-electron chi connectivity index (χ2n) is 4.38. The first-order valence-electron chi connectivity index (χ1n) is 6.62. The summed E-state index contributed by atoms with van der Waals surface area (Å²) in [5, 5.41) is 0. The molecule has 0 unspecified atom stereocenters. The molecule has 0 atom stereocenters. The zero-order chi connectivity index (χ0) is 14.1. The summed E-state index contributed by atoms with van der Waals surface area (Å²) in [7, 11) is 0. The number of hydrogen-bond acceptors (Lipinski definition) is 3. The van der Waals surface area contributed by atoms with Gasteiger partial charge in [-0.05, 0) is 40.5 Å². The maximum absolute atomic E-state index is 11.3. The third-order valence-electron chi connectivity index (χ3n) is 2.83. The number of carbonyl (C=O) groups is 1. The van der Waals surface area contributed by atoms with Gasteiger partial charge in [-0.1, -0.05) is 32.6 Å². The number of nitrogen functional groups attached to an aromatic ring is 1. The summed E-state index contributed by atoms with van der Waals surface area (Å²) in [5.74, 6) is 5.52. The average Bonchev–Trinajstić information content (AvgIpc) is 2.43. The Hall–Kier alpha value is -1.07. The van der Waals surface area contributed by atoms with Crippen LogP contribution < -0.4 is 16.0 Å². The van der Waals surface area contributed by atoms with E-state index >= 15 is 0 Å². The number of halogens is 1. The number of carbonyl (C=O) groups excluding carboxylic acids is 1. The van der Waals surface area contributed by atoms with E-state index in [1.54, 1.807) is 18.2 Å². The number of unbranched alkanes of at least 4 members (excludes halogenated alkanes) is 4. The van der Waals surface area contributed by atoms with Gasteiger partial charge in [-0.15, -0.1) is 0 Å². The third kappa shape index (κ3) is 5.61. The van der Waals surface area contributed by atoms with Crippen LogP contribution in [0.25, 0.3) is 0 Å². The second-order valence-corrected chi connectivity index (χ2v) is 5.24. The molecule has 0 spiro atoms. The van der Waals surface area contributed by atoms with E-state index in [2.05, 4.69) is 28.3 Å². The molecule has 1 amide bonds. The largest absolute Gasteiger partial charge is 0.492 e. The summed E-state index contributed by atoms with van der Waals surface area (Å²) in [4.78, 5) is 11.3. The maximum Gasteiger partial charge on any atom is 0.265 e. The molecule has 0 fully saturated rings. The van der Waals surface area contributed by atoms with E-state index in [0.717, 1.165) is 16.6 Å². The van der Waals surface area contributed by atoms with Crippen molar-refractivity contribution in [3.05, 3.63) is 28.2 Å². The van der Waals surface area contributed by atoms with Crippen molar-refractivity contribution >= 4 is 21.8 Å². The normalized spacial score (nSPS) is 10.3. The Labute approximate surface area is 122 Å². The van der Waals surface area contributed by atoms with Crippen molar-refractivity contribution in [3.63, 3.8) is 0 Å². The number of nitrogens with two attached hydrogens (primary N) is 1. The first kappa shape index (κ1) is 16.0. The Bertz CT molecular complexity index is 410. The molecule has 0 heterocycles. The van der Waals surface area contributed by atoms with Crippen LogP contribution in [0.2, 0.25) is 0 Å². The molecule has 0 bridgehead atoms. The number of nitrogens with one attached hydrogen (secondary N) is 1. The molecule has 0 aliphatic rings. The number of rotatable bonds is 8. The highest BCUT2D eigenvalue weighted by Crippen LogP contribution is 2.26. The van der Waals surface area contributed by atoms with Crippen molar-refractivity contribution in [1.29, 1.82) is 0 Å². The molecule has 0 aromatic heterocycles. The topological polar surface area (TPSA) is 64.3 Å². The SMILES string of the molecule is CCCCCCCOc1ccc(C(=O)NN)cc1Br. The van der Waals surface area contributed by atoms with Crippen LogP contribution >= 0.6 is 15.9 Å². The highest BCUT2D eigenvalue weighted by Gasteiger charge is 2.07. The van der Waals surface area contributed by atoms with Crippen molar-refractivity contribution in [1.82, 2.24) is 5.43 Å². The van der Waals surface area contributed by atoms with Gasteiger partial charge in [-0.25, -0.2) is 5.84 Å². The molecular formula is C14H21BrN2O2. The van der Waals surface area contributed by atoms with Crippen molar-refractivity contribution in [2.45, 2.75) is 39.0 Å². The van der Waals surface area contributed by atoms with Gasteiger partial charge in [0.15, 0.2) is 0 Å². The lowest BCUT2D eigenvalue weighted by atomic mass is 10.2. The number of amides is 1. The smallest absolute Gasteiger partial charge is 0.265 e. The fraction of sp³-hybridized carbons (Fsp3) is 0.500. The molecule has 0 saturated heterocycles. The molecule has 1 aromatic rings. The zero-order valence-corrected chi connectivity index (χ0v) is 12.8. The average molecular weight is 329 g/mol. The monoisotopic (exact) mass is 328 g/mol. The van der Waals surface area contributed by atoms with Crippen molar-refractivity contribution < 1.29 is 9.53 Å². The standard InChI is InChI=1S/C14H21BrN2O2/c1-2-3-4-5-6-9-19-13-8-7-11(10-12(13)15)14(18)17-16/h7-8,10H,2-6,9,16H2,1H3,(H,17,18). The Kier molecular flexibility index (Phi) is 7.52. The van der Waals surface area contributed by atoms with Crippen molar-refractivity contribution in [2.24, 2.45) is 5.84 Å². The Morgan fingerprint density at radius 2 is 2.05 bits per heavy atom. The molecule has 4 nitrogen and oxygen atoms in total. The van der Waals surface area contributed by atoms with Crippen molar-refractivity contribution in [2.75, 3.05) is 6.61 Å². The van der Waals surface area contributed by atoms with E-state index in [0.29, 0.717) is 12.2 Å². The highest BCUT2D eigenvalue weighted by molar-refractivity contribution is 9.10. The van der Waals surface area contributed by atoms with Crippen LogP contribution in [-0.2, 0) is 0 Å². The van der Waals surface area contributed by atoms with Gasteiger partial charge in [0.1, 0.15) is 5.75 Å². The fourth-order valence-electron chi connectivity index (χ4n) is 1.73. The van der Waals surface area contributed by atoms with Crippen molar-refractivity contribution in [3.8, 4) is 5.75 Å². The quantitative estimate of drug-likeness (QED) is 0.332. The summed E-state index contributed by atoms with van der Waals surface area (Å²) in [6.45, 7) is 2.90. The number of ether oxygens (including phenoxy) is 1. The van der Waals surface area contributed by atoms with Crippen LogP contribution in [0.1, 0.15) is 49.4 Å². The molecule has 106 valence electrons. The van der Waals surface area contributed by atoms with Gasteiger partial charge < -0.3 is 4.74 Å². The van der Waals surface area contributed by atoms with Gasteiger partial charge in [0.2, 0.25) is 0 Å². The van der Waals surface area contributed by atoms with E-state index in [9.17, 15) is 4.79 Å². The summed E-state index contributed by atoms with van der Waals surface area (Å²) in [6.07, 6.45) is 6.04. The molecule has 3 N–H and O–H groups in total. The zero-order valence-electron chi connectivity index (χ0n) is 11.2. The van der Waals surface area contributed by atoms with Gasteiger partial charge in [0.05, 0.1) is 11.1 Å². The lowest BCUT2D eigenvalue weighted by molar-refractivity contribution is 0.0953. The molecule has 0 aliphatic carbocycles. The van der Waals surface area contributed by atoms with Gasteiger partial charge in [-0.3, -0.25) is 10.2 Å². The minimum atomic E-state index is -0.313. The molecule has 0 aliphatic heterocycles. The first-order valence-corrected chi connectivity index (χ1v) is 7.41. The summed E-state index contributed by atoms with van der Waals surface area (Å²) >= 11 is 3.39. The predicted molar refractivity (Wildman–Crippen MR) is 80.0 cm³/mol. The second kappa shape index (κ2) is 8.93. The van der Waals surface area contributed by atoms with E-state index in [1.165, 1.54) is 25.7 Å². The highest BCUT2D eigenvalue weighted by atomic mass is 79.9. The van der Waals surface area contributed by atoms with Crippen LogP contribution in [0.4, 0.5) is 0 Å². The summed E-state index contributed by atoms with van der Waals surface area (Å²) < 4.78 is 6.44. The van der Waals surface area contributed by atoms with E-state index in [4.69, 9.17) is 10.6 Å². The molecule has 0 radical (unpaired) electrons. The van der Waals surface area contributed by atoms with Crippen LogP contribution in [0, 0.1) is 0 Å². The summed E-state index contributed by atoms with van der Waals surface area (Å²) in [6, 6.07) is 5.18. The maximum atomic E-state index is 11.3. The van der Waals surface area contributed by atoms with Gasteiger partial charge >= 0.3 is 0 Å². The lowest BCUT2D eigenvalue weighted by Crippen LogP contribution is -2.29. The van der Waals surface area contributed by atoms with Gasteiger partial charge in [0, 0.05) is 5.56 Å². The summed E-state index contributed by atoms with van der Waals surface area (Å²) in [5.41, 5.74) is 2.60. The van der Waals surface area contributed by atoms with Gasteiger partial charge in [-0.2, -0.15) is 0 Å². The van der Waals surface area contributed by atoms with Crippen LogP contribution in [0.3, 0.4) is 0 Å². The lowest BCUT2D eigenvalue weighted by Gasteiger charge is -2.09. The Balaban J connectivity index is 2.40. The predicted octanol–water partition coefficient (Wildman–Crippen LogP) is 3.40. The number of hydrazine groups is 1. The molecule has 1 aromatic carbocycles. The van der Waals surface area contributed by atoms with Crippen LogP contribution in [0.15, 0.2) is 22.7 Å². The van der Waals surface area contributed by atoms with Gasteiger partial charge in [0.25, 0.3) is 5.91 Å². The minimum absolute atomic E-state index is 0.313.